The average molecular weight is 647 g/mol. The lowest BCUT2D eigenvalue weighted by atomic mass is 9.38. The van der Waals surface area contributed by atoms with Gasteiger partial charge < -0.3 is 0 Å². The van der Waals surface area contributed by atoms with Gasteiger partial charge in [0.25, 0.3) is 0 Å². The Labute approximate surface area is 274 Å². The molecule has 5 fully saturated rings. The van der Waals surface area contributed by atoms with E-state index in [2.05, 4.69) is 55.9 Å². The lowest BCUT2D eigenvalue weighted by molar-refractivity contribution is -0.183. The number of halogens is 3. The molecule has 6 heteroatoms. The van der Waals surface area contributed by atoms with Crippen LogP contribution in [0.2, 0.25) is 0 Å². The summed E-state index contributed by atoms with van der Waals surface area (Å²) in [6, 6.07) is -1.42. The molecule has 0 spiro atoms. The van der Waals surface area contributed by atoms with Crippen LogP contribution >= 0.6 is 10.5 Å². The summed E-state index contributed by atoms with van der Waals surface area (Å²) in [5.41, 5.74) is 3.66. The lowest BCUT2D eigenvalue weighted by Crippen LogP contribution is -2.66. The molecule has 254 valence electrons. The van der Waals surface area contributed by atoms with Gasteiger partial charge in [-0.3, -0.25) is 10.2 Å². The highest BCUT2D eigenvalue weighted by Crippen LogP contribution is 2.71. The number of fused-ring (bicyclic) bond motifs is 7. The summed E-state index contributed by atoms with van der Waals surface area (Å²) in [6.45, 7) is 11.8. The highest BCUT2D eigenvalue weighted by Gasteiger charge is 2.65. The Hall–Kier alpha value is -0.590. The van der Waals surface area contributed by atoms with E-state index in [9.17, 15) is 13.2 Å². The molecule has 0 aromatic carbocycles. The van der Waals surface area contributed by atoms with Gasteiger partial charge in [0, 0.05) is 36.7 Å². The highest BCUT2D eigenvalue weighted by atomic mass is 32.2. The summed E-state index contributed by atoms with van der Waals surface area (Å²) >= 11 is 0. The number of rotatable bonds is 5. The van der Waals surface area contributed by atoms with E-state index in [-0.39, 0.29) is 22.6 Å². The summed E-state index contributed by atoms with van der Waals surface area (Å²) in [5.74, 6) is 10.6. The fourth-order valence-corrected chi connectivity index (χ4v) is 14.3. The van der Waals surface area contributed by atoms with Crippen LogP contribution in [0, 0.1) is 52.3 Å². The van der Waals surface area contributed by atoms with Crippen LogP contribution in [0.25, 0.3) is 0 Å². The van der Waals surface area contributed by atoms with E-state index in [1.807, 2.05) is 0 Å². The predicted octanol–water partition coefficient (Wildman–Crippen LogP) is 9.63. The minimum Gasteiger partial charge on any atom is -0.300 e. The monoisotopic (exact) mass is 646 g/mol. The summed E-state index contributed by atoms with van der Waals surface area (Å²) < 4.78 is 44.0. The molecule has 0 aromatic heterocycles. The topological polar surface area (TPSA) is 15.3 Å². The normalized spacial score (nSPS) is 46.7. The maximum Gasteiger partial charge on any atom is 0.405 e. The SMILES string of the molecule is C=S1CCN(CC(NC23CCCC2C2CCC4C5(C)CC=C(C6=CCC(C)CC6)C(C)C5CCC4(C)C2CC3)C(F)(F)F)CC1. The van der Waals surface area contributed by atoms with Crippen LogP contribution in [0.1, 0.15) is 111 Å². The zero-order chi connectivity index (χ0) is 31.8. The molecule has 11 unspecified atom stereocenters. The molecule has 1 aliphatic heterocycles. The quantitative estimate of drug-likeness (QED) is 0.299. The number of hydrogen-bond donors (Lipinski definition) is 1. The van der Waals surface area contributed by atoms with E-state index in [0.29, 0.717) is 34.5 Å². The van der Waals surface area contributed by atoms with Crippen LogP contribution in [0.3, 0.4) is 0 Å². The van der Waals surface area contributed by atoms with Gasteiger partial charge in [-0.15, -0.1) is 0 Å². The molecule has 0 bridgehead atoms. The molecule has 45 heavy (non-hydrogen) atoms. The largest absolute Gasteiger partial charge is 0.405 e. The maximum atomic E-state index is 14.7. The van der Waals surface area contributed by atoms with Crippen molar-refractivity contribution in [3.05, 3.63) is 23.3 Å². The Morgan fingerprint density at radius 1 is 0.933 bits per heavy atom. The van der Waals surface area contributed by atoms with Gasteiger partial charge in [0.05, 0.1) is 0 Å². The molecule has 0 aromatic rings. The van der Waals surface area contributed by atoms with E-state index >= 15 is 0 Å². The third-order valence-electron chi connectivity index (χ3n) is 15.4. The van der Waals surface area contributed by atoms with Crippen molar-refractivity contribution >= 4 is 16.4 Å². The lowest BCUT2D eigenvalue weighted by Gasteiger charge is -2.67. The molecule has 7 rings (SSSR count). The van der Waals surface area contributed by atoms with Gasteiger partial charge in [-0.25, -0.2) is 0 Å². The van der Waals surface area contributed by atoms with E-state index in [4.69, 9.17) is 0 Å². The number of nitrogens with zero attached hydrogens (tertiary/aromatic N) is 1. The van der Waals surface area contributed by atoms with E-state index < -0.39 is 12.2 Å². The van der Waals surface area contributed by atoms with Gasteiger partial charge in [-0.05, 0) is 140 Å². The second kappa shape index (κ2) is 12.1. The van der Waals surface area contributed by atoms with Crippen molar-refractivity contribution in [3.63, 3.8) is 0 Å². The smallest absolute Gasteiger partial charge is 0.300 e. The van der Waals surface area contributed by atoms with Crippen molar-refractivity contribution in [3.8, 4) is 0 Å². The summed E-state index contributed by atoms with van der Waals surface area (Å²) in [7, 11) is 0.118. The van der Waals surface area contributed by atoms with Gasteiger partial charge in [0.2, 0.25) is 0 Å². The van der Waals surface area contributed by atoms with Crippen molar-refractivity contribution < 1.29 is 13.2 Å². The summed E-state index contributed by atoms with van der Waals surface area (Å²) in [4.78, 5) is 2.06. The van der Waals surface area contributed by atoms with E-state index in [1.54, 1.807) is 11.1 Å². The molecule has 1 heterocycles. The van der Waals surface area contributed by atoms with Gasteiger partial charge in [-0.1, -0.05) is 52.1 Å². The van der Waals surface area contributed by atoms with Crippen LogP contribution in [-0.4, -0.2) is 59.7 Å². The second-order valence-electron chi connectivity index (χ2n) is 17.6. The van der Waals surface area contributed by atoms with Crippen molar-refractivity contribution in [1.29, 1.82) is 0 Å². The Bertz CT molecular complexity index is 1200. The second-order valence-corrected chi connectivity index (χ2v) is 19.6. The van der Waals surface area contributed by atoms with Crippen molar-refractivity contribution in [2.75, 3.05) is 31.1 Å². The Morgan fingerprint density at radius 2 is 1.69 bits per heavy atom. The van der Waals surface area contributed by atoms with E-state index in [0.717, 1.165) is 74.5 Å². The molecule has 11 atom stereocenters. The Kier molecular flexibility index (Phi) is 8.84. The molecular weight excluding hydrogens is 586 g/mol. The van der Waals surface area contributed by atoms with Gasteiger partial charge >= 0.3 is 6.18 Å². The van der Waals surface area contributed by atoms with E-state index in [1.165, 1.54) is 51.4 Å². The van der Waals surface area contributed by atoms with Crippen molar-refractivity contribution in [1.82, 2.24) is 10.2 Å². The number of alkyl halides is 3. The molecular formula is C39H61F3N2S. The third kappa shape index (κ3) is 5.69. The van der Waals surface area contributed by atoms with Crippen molar-refractivity contribution in [2.45, 2.75) is 129 Å². The summed E-state index contributed by atoms with van der Waals surface area (Å²) in [5, 5.41) is 3.45. The number of hydrogen-bond acceptors (Lipinski definition) is 2. The molecule has 4 saturated carbocycles. The summed E-state index contributed by atoms with van der Waals surface area (Å²) in [6.07, 6.45) is 16.4. The average Bonchev–Trinajstić information content (AvgIpc) is 3.42. The fourth-order valence-electron chi connectivity index (χ4n) is 13.1. The first-order chi connectivity index (χ1) is 21.3. The van der Waals surface area contributed by atoms with Gasteiger partial charge in [0.1, 0.15) is 6.04 Å². The first kappa shape index (κ1) is 32.9. The minimum absolute atomic E-state index is 0.104. The molecule has 1 N–H and O–H groups in total. The first-order valence-corrected chi connectivity index (χ1v) is 20.5. The maximum absolute atomic E-state index is 14.7. The van der Waals surface area contributed by atoms with Crippen LogP contribution in [0.15, 0.2) is 23.3 Å². The molecule has 2 nitrogen and oxygen atoms in total. The van der Waals surface area contributed by atoms with Crippen LogP contribution in [-0.2, 0) is 0 Å². The molecule has 1 saturated heterocycles. The van der Waals surface area contributed by atoms with Crippen LogP contribution < -0.4 is 5.32 Å². The zero-order valence-corrected chi connectivity index (χ0v) is 29.5. The molecule has 0 amide bonds. The minimum atomic E-state index is -4.21. The van der Waals surface area contributed by atoms with Crippen LogP contribution in [0.4, 0.5) is 13.2 Å². The fraction of sp³-hybridized carbons (Fsp3) is 0.872. The van der Waals surface area contributed by atoms with Crippen LogP contribution in [0.5, 0.6) is 0 Å². The molecule has 6 aliphatic carbocycles. The van der Waals surface area contributed by atoms with Crippen molar-refractivity contribution in [2.24, 2.45) is 52.3 Å². The predicted molar refractivity (Wildman–Crippen MR) is 185 cm³/mol. The zero-order valence-electron chi connectivity index (χ0n) is 28.7. The Balaban J connectivity index is 1.10. The van der Waals surface area contributed by atoms with Gasteiger partial charge in [0.15, 0.2) is 0 Å². The third-order valence-corrected chi connectivity index (χ3v) is 17.0. The number of nitrogens with one attached hydrogen (secondary N) is 1. The Morgan fingerprint density at radius 3 is 2.40 bits per heavy atom. The van der Waals surface area contributed by atoms with Gasteiger partial charge in [-0.2, -0.15) is 23.7 Å². The molecule has 0 radical (unpaired) electrons. The standard InChI is InChI=1S/C39H61F3N2S/c1-26-8-10-28(11-9-26)29-14-18-36(3)31(27(29)2)15-19-37(4)32-16-20-38(17-6-7-33(38)30(32)12-13-34(36)37)43-35(39(40,41)42)25-44-21-23-45(5)24-22-44/h10,14,26-27,30-35,43H,5-9,11-13,15-25H2,1-4H3. The highest BCUT2D eigenvalue weighted by molar-refractivity contribution is 8.14. The molecule has 7 aliphatic rings. The first-order valence-electron chi connectivity index (χ1n) is 18.8. The number of allylic oxidation sites excluding steroid dienone is 4.